The van der Waals surface area contributed by atoms with Gasteiger partial charge in [0.25, 0.3) is 0 Å². The van der Waals surface area contributed by atoms with Gasteiger partial charge in [-0.15, -0.1) is 0 Å². The first-order valence-corrected chi connectivity index (χ1v) is 5.37. The summed E-state index contributed by atoms with van der Waals surface area (Å²) in [5.41, 5.74) is -0.924. The number of carboxylic acids is 1. The fourth-order valence-corrected chi connectivity index (χ4v) is 1.69. The molecule has 0 bridgehead atoms. The van der Waals surface area contributed by atoms with Crippen LogP contribution in [0.15, 0.2) is 24.4 Å². The number of hydrogen-bond acceptors (Lipinski definition) is 5. The number of aromatic nitrogens is 1. The van der Waals surface area contributed by atoms with E-state index < -0.39 is 17.2 Å². The summed E-state index contributed by atoms with van der Waals surface area (Å²) in [4.78, 5) is 15.4. The minimum atomic E-state index is -1.32. The first-order chi connectivity index (χ1) is 7.96. The third-order valence-electron chi connectivity index (χ3n) is 2.88. The van der Waals surface area contributed by atoms with E-state index in [0.717, 1.165) is 0 Å². The second-order valence-electron chi connectivity index (χ2n) is 4.56. The van der Waals surface area contributed by atoms with Crippen LogP contribution < -0.4 is 34.7 Å². The number of hydrogen-bond donors (Lipinski definition) is 0. The van der Waals surface area contributed by atoms with E-state index in [1.54, 1.807) is 38.2 Å². The third-order valence-corrected chi connectivity index (χ3v) is 2.88. The van der Waals surface area contributed by atoms with E-state index in [2.05, 4.69) is 4.98 Å². The predicted octanol–water partition coefficient (Wildman–Crippen LogP) is -3.14. The van der Waals surface area contributed by atoms with Gasteiger partial charge in [-0.3, -0.25) is 4.98 Å². The summed E-state index contributed by atoms with van der Waals surface area (Å²) >= 11 is 0. The molecule has 18 heavy (non-hydrogen) atoms. The van der Waals surface area contributed by atoms with Gasteiger partial charge in [0.05, 0.1) is 30.3 Å². The second kappa shape index (κ2) is 5.67. The Morgan fingerprint density at radius 1 is 1.33 bits per heavy atom. The Kier molecular flexibility index (Phi) is 4.91. The smallest absolute Gasteiger partial charge is 0.549 e. The first kappa shape index (κ1) is 15.6. The van der Waals surface area contributed by atoms with Gasteiger partial charge in [0.2, 0.25) is 0 Å². The number of carbonyl (C=O) groups excluding carboxylic acids is 1. The van der Waals surface area contributed by atoms with E-state index in [9.17, 15) is 9.90 Å². The van der Waals surface area contributed by atoms with E-state index in [1.165, 1.54) is 0 Å². The number of carbonyl (C=O) groups is 1. The molecule has 0 unspecified atom stereocenters. The molecule has 1 aliphatic rings. The maximum absolute atomic E-state index is 11.4. The number of rotatable bonds is 2. The average molecular weight is 259 g/mol. The molecule has 6 heteroatoms. The van der Waals surface area contributed by atoms with Gasteiger partial charge in [0, 0.05) is 6.20 Å². The van der Waals surface area contributed by atoms with Crippen molar-refractivity contribution in [2.24, 2.45) is 0 Å². The van der Waals surface area contributed by atoms with Crippen molar-refractivity contribution >= 4 is 5.97 Å². The van der Waals surface area contributed by atoms with Gasteiger partial charge < -0.3 is 19.4 Å². The molecule has 0 amide bonds. The number of nitrogens with zero attached hydrogens (tertiary/aromatic N) is 1. The summed E-state index contributed by atoms with van der Waals surface area (Å²) in [6.45, 7) is 3.48. The fourth-order valence-electron chi connectivity index (χ4n) is 1.69. The number of ether oxygens (including phenoxy) is 2. The van der Waals surface area contributed by atoms with Crippen molar-refractivity contribution in [3.05, 3.63) is 30.1 Å². The van der Waals surface area contributed by atoms with Crippen LogP contribution >= 0.6 is 0 Å². The van der Waals surface area contributed by atoms with Crippen LogP contribution in [-0.2, 0) is 19.7 Å². The summed E-state index contributed by atoms with van der Waals surface area (Å²) in [5.74, 6) is -2.00. The molecule has 2 rings (SSSR count). The van der Waals surface area contributed by atoms with Gasteiger partial charge in [-0.25, -0.2) is 0 Å². The van der Waals surface area contributed by atoms with Gasteiger partial charge in [0.1, 0.15) is 0 Å². The quantitative estimate of drug-likeness (QED) is 0.525. The van der Waals surface area contributed by atoms with Crippen LogP contribution in [0, 0.1) is 0 Å². The summed E-state index contributed by atoms with van der Waals surface area (Å²) in [6, 6.07) is 5.09. The third kappa shape index (κ3) is 2.92. The molecule has 1 aromatic heterocycles. The molecule has 0 spiro atoms. The zero-order valence-electron chi connectivity index (χ0n) is 10.8. The summed E-state index contributed by atoms with van der Waals surface area (Å²) in [7, 11) is 0. The van der Waals surface area contributed by atoms with Crippen molar-refractivity contribution < 1.29 is 48.9 Å². The fraction of sp³-hybridized carbons (Fsp3) is 0.500. The Morgan fingerprint density at radius 3 is 2.39 bits per heavy atom. The van der Waals surface area contributed by atoms with E-state index in [1.807, 2.05) is 0 Å². The van der Waals surface area contributed by atoms with Gasteiger partial charge in [0.15, 0.2) is 5.79 Å². The molecule has 5 nitrogen and oxygen atoms in total. The molecular formula is C12H14NNaO4. The normalized spacial score (nSPS) is 20.8. The van der Waals surface area contributed by atoms with Crippen LogP contribution in [0.1, 0.15) is 19.5 Å². The van der Waals surface area contributed by atoms with Gasteiger partial charge in [-0.2, -0.15) is 0 Å². The van der Waals surface area contributed by atoms with Crippen molar-refractivity contribution in [2.45, 2.75) is 25.0 Å². The van der Waals surface area contributed by atoms with Crippen LogP contribution in [0.5, 0.6) is 0 Å². The van der Waals surface area contributed by atoms with Gasteiger partial charge in [-0.05, 0) is 26.0 Å². The van der Waals surface area contributed by atoms with Crippen molar-refractivity contribution in [1.82, 2.24) is 4.98 Å². The maximum Gasteiger partial charge on any atom is 1.00 e. The summed E-state index contributed by atoms with van der Waals surface area (Å²) < 4.78 is 10.8. The Labute approximate surface area is 128 Å². The minimum Gasteiger partial charge on any atom is -0.549 e. The zero-order chi connectivity index (χ0) is 12.5. The first-order valence-electron chi connectivity index (χ1n) is 5.37. The van der Waals surface area contributed by atoms with Crippen molar-refractivity contribution in [3.8, 4) is 0 Å². The van der Waals surface area contributed by atoms with E-state index in [4.69, 9.17) is 9.47 Å². The topological polar surface area (TPSA) is 71.5 Å². The Hall–Kier alpha value is -0.460. The molecule has 0 aliphatic carbocycles. The monoisotopic (exact) mass is 259 g/mol. The number of pyridine rings is 1. The minimum absolute atomic E-state index is 0. The van der Waals surface area contributed by atoms with E-state index >= 15 is 0 Å². The molecule has 0 saturated carbocycles. The van der Waals surface area contributed by atoms with Crippen LogP contribution in [0.25, 0.3) is 0 Å². The Morgan fingerprint density at radius 2 is 1.94 bits per heavy atom. The van der Waals surface area contributed by atoms with Crippen LogP contribution in [0.3, 0.4) is 0 Å². The van der Waals surface area contributed by atoms with Crippen molar-refractivity contribution in [1.29, 1.82) is 0 Å². The standard InChI is InChI=1S/C12H15NO4.Na/c1-11(2)16-7-12(8-17-11,10(14)15)9-5-3-4-6-13-9;/h3-6H,7-8H2,1-2H3,(H,14,15);/q;+1/p-1. The Balaban J connectivity index is 0.00000162. The maximum atomic E-state index is 11.4. The molecule has 1 aliphatic heterocycles. The summed E-state index contributed by atoms with van der Waals surface area (Å²) in [6.07, 6.45) is 1.54. The number of carboxylic acid groups (broad SMARTS) is 1. The SMILES string of the molecule is CC1(C)OCC(C(=O)[O-])(c2ccccn2)CO1.[Na+]. The van der Waals surface area contributed by atoms with Crippen LogP contribution in [-0.4, -0.2) is 30.0 Å². The van der Waals surface area contributed by atoms with Crippen molar-refractivity contribution in [2.75, 3.05) is 13.2 Å². The van der Waals surface area contributed by atoms with E-state index in [0.29, 0.717) is 5.69 Å². The van der Waals surface area contributed by atoms with Gasteiger partial charge in [-0.1, -0.05) is 6.07 Å². The zero-order valence-corrected chi connectivity index (χ0v) is 12.8. The molecule has 1 fully saturated rings. The molecule has 0 aromatic carbocycles. The Bertz CT molecular complexity index is 411. The van der Waals surface area contributed by atoms with Gasteiger partial charge >= 0.3 is 29.6 Å². The van der Waals surface area contributed by atoms with Crippen molar-refractivity contribution in [3.63, 3.8) is 0 Å². The summed E-state index contributed by atoms with van der Waals surface area (Å²) in [5, 5.41) is 11.4. The molecule has 2 heterocycles. The molecule has 92 valence electrons. The molecule has 1 saturated heterocycles. The molecule has 1 aromatic rings. The van der Waals surface area contributed by atoms with Crippen LogP contribution in [0.2, 0.25) is 0 Å². The second-order valence-corrected chi connectivity index (χ2v) is 4.56. The molecule has 0 radical (unpaired) electrons. The van der Waals surface area contributed by atoms with E-state index in [-0.39, 0.29) is 42.8 Å². The molecule has 0 N–H and O–H groups in total. The largest absolute Gasteiger partial charge is 1.00 e. The van der Waals surface area contributed by atoms with Crippen LogP contribution in [0.4, 0.5) is 0 Å². The molecule has 0 atom stereocenters. The number of aliphatic carboxylic acids is 1. The average Bonchev–Trinajstić information content (AvgIpc) is 2.30. The molecular weight excluding hydrogens is 245 g/mol. The predicted molar refractivity (Wildman–Crippen MR) is 56.9 cm³/mol.